The van der Waals surface area contributed by atoms with E-state index in [4.69, 9.17) is 28.3 Å². The first-order chi connectivity index (χ1) is 30.1. The summed E-state index contributed by atoms with van der Waals surface area (Å²) < 4.78 is 25.9. The van der Waals surface area contributed by atoms with Gasteiger partial charge in [-0.3, -0.25) is 9.98 Å². The van der Waals surface area contributed by atoms with Crippen LogP contribution in [-0.4, -0.2) is 21.7 Å². The molecule has 0 bridgehead atoms. The van der Waals surface area contributed by atoms with Crippen molar-refractivity contribution in [3.63, 3.8) is 0 Å². The van der Waals surface area contributed by atoms with Gasteiger partial charge in [0.25, 0.3) is 0 Å². The van der Waals surface area contributed by atoms with Crippen LogP contribution in [0.1, 0.15) is 11.5 Å². The van der Waals surface area contributed by atoms with Gasteiger partial charge in [-0.2, -0.15) is 0 Å². The maximum Gasteiger partial charge on any atom is 0.227 e. The van der Waals surface area contributed by atoms with Crippen molar-refractivity contribution in [1.82, 2.24) is 15.0 Å². The van der Waals surface area contributed by atoms with E-state index in [1.54, 1.807) is 24.7 Å². The molecule has 0 amide bonds. The number of hydrogen-bond donors (Lipinski definition) is 0. The number of para-hydroxylation sites is 8. The fourth-order valence-corrected chi connectivity index (χ4v) is 8.50. The third kappa shape index (κ3) is 5.50. The van der Waals surface area contributed by atoms with Crippen LogP contribution in [0.15, 0.2) is 172 Å². The number of nitrogens with zero attached hydrogens (tertiary/aromatic N) is 6. The van der Waals surface area contributed by atoms with Gasteiger partial charge in [0.05, 0.1) is 40.3 Å². The first-order valence-corrected chi connectivity index (χ1v) is 19.8. The van der Waals surface area contributed by atoms with E-state index in [1.165, 1.54) is 0 Å². The summed E-state index contributed by atoms with van der Waals surface area (Å²) >= 11 is 0. The summed E-state index contributed by atoms with van der Waals surface area (Å²) in [5, 5.41) is 3.91. The molecule has 10 heteroatoms. The van der Waals surface area contributed by atoms with Crippen molar-refractivity contribution in [1.29, 1.82) is 0 Å². The Bertz CT molecular complexity index is 3340. The van der Waals surface area contributed by atoms with Crippen molar-refractivity contribution in [2.45, 2.75) is 6.92 Å². The van der Waals surface area contributed by atoms with E-state index < -0.39 is 0 Å². The summed E-state index contributed by atoms with van der Waals surface area (Å²) in [7, 11) is 0. The highest BCUT2D eigenvalue weighted by atomic mass is 16.5. The van der Waals surface area contributed by atoms with Crippen LogP contribution in [0.3, 0.4) is 0 Å². The number of fused-ring (bicyclic) bond motifs is 8. The van der Waals surface area contributed by atoms with Crippen molar-refractivity contribution in [2.24, 2.45) is 4.99 Å². The predicted molar refractivity (Wildman–Crippen MR) is 241 cm³/mol. The maximum absolute atomic E-state index is 6.48. The smallest absolute Gasteiger partial charge is 0.227 e. The lowest BCUT2D eigenvalue weighted by molar-refractivity contribution is 0.477. The van der Waals surface area contributed by atoms with Crippen LogP contribution in [0.2, 0.25) is 0 Å². The van der Waals surface area contributed by atoms with Crippen LogP contribution in [0, 0.1) is 6.92 Å². The van der Waals surface area contributed by atoms with Gasteiger partial charge >= 0.3 is 0 Å². The molecule has 0 saturated heterocycles. The normalized spacial score (nSPS) is 12.9. The molecule has 0 atom stereocenters. The third-order valence-corrected chi connectivity index (χ3v) is 11.2. The Kier molecular flexibility index (Phi) is 7.66. The fraction of sp³-hybridized carbons (Fsp3) is 0.0196. The van der Waals surface area contributed by atoms with E-state index in [0.717, 1.165) is 95.3 Å². The van der Waals surface area contributed by atoms with Gasteiger partial charge in [-0.15, -0.1) is 0 Å². The minimum Gasteiger partial charge on any atom is -0.453 e. The molecule has 7 aromatic carbocycles. The van der Waals surface area contributed by atoms with E-state index >= 15 is 0 Å². The Labute approximate surface area is 348 Å². The van der Waals surface area contributed by atoms with Gasteiger partial charge in [-0.25, -0.2) is 9.97 Å². The number of aliphatic imine (C=N–C) groups is 1. The monoisotopic (exact) mass is 792 g/mol. The Balaban J connectivity index is 1.20. The average Bonchev–Trinajstić information content (AvgIpc) is 3.92. The maximum atomic E-state index is 6.48. The molecule has 0 radical (unpaired) electrons. The molecule has 0 unspecified atom stereocenters. The van der Waals surface area contributed by atoms with Crippen molar-refractivity contribution < 1.29 is 18.3 Å². The molecule has 0 spiro atoms. The lowest BCUT2D eigenvalue weighted by atomic mass is 9.94. The van der Waals surface area contributed by atoms with Crippen molar-refractivity contribution >= 4 is 79.6 Å². The van der Waals surface area contributed by atoms with Gasteiger partial charge in [-0.1, -0.05) is 60.7 Å². The Hall–Kier alpha value is -8.50. The topological polar surface area (TPSA) is 102 Å². The first-order valence-electron chi connectivity index (χ1n) is 19.8. The van der Waals surface area contributed by atoms with E-state index in [-0.39, 0.29) is 0 Å². The van der Waals surface area contributed by atoms with E-state index in [1.807, 2.05) is 85.8 Å². The minimum atomic E-state index is 0.468. The highest BCUT2D eigenvalue weighted by Crippen LogP contribution is 2.55. The van der Waals surface area contributed by atoms with Crippen LogP contribution in [-0.2, 0) is 0 Å². The zero-order valence-electron chi connectivity index (χ0n) is 32.6. The second-order valence-electron chi connectivity index (χ2n) is 14.8. The first kappa shape index (κ1) is 34.5. The van der Waals surface area contributed by atoms with Crippen LogP contribution >= 0.6 is 0 Å². The molecule has 61 heavy (non-hydrogen) atoms. The Morgan fingerprint density at radius 2 is 1.03 bits per heavy atom. The summed E-state index contributed by atoms with van der Waals surface area (Å²) in [5.74, 6) is 4.59. The lowest BCUT2D eigenvalue weighted by Gasteiger charge is -2.34. The highest BCUT2D eigenvalue weighted by molar-refractivity contribution is 6.19. The van der Waals surface area contributed by atoms with Gasteiger partial charge in [0, 0.05) is 34.3 Å². The SMILES string of the molecule is C=N/C=C\c1nc(-c2cc(N3c4ccccc4Oc4ccccc43)c3ccc4c(N5c6ccccc6Oc6ccccc65)cc(-c5nc6ccncc6o5)cc4c3c2)oc1C. The van der Waals surface area contributed by atoms with Crippen LogP contribution in [0.5, 0.6) is 23.0 Å². The molecular formula is C51H32N6O4. The summed E-state index contributed by atoms with van der Waals surface area (Å²) in [4.78, 5) is 22.7. The van der Waals surface area contributed by atoms with Crippen molar-refractivity contribution in [3.05, 3.63) is 170 Å². The largest absolute Gasteiger partial charge is 0.453 e. The number of rotatable bonds is 6. The molecule has 0 aliphatic carbocycles. The van der Waals surface area contributed by atoms with Crippen molar-refractivity contribution in [2.75, 3.05) is 9.80 Å². The van der Waals surface area contributed by atoms with Crippen molar-refractivity contribution in [3.8, 4) is 45.9 Å². The molecule has 290 valence electrons. The number of benzene rings is 7. The summed E-state index contributed by atoms with van der Waals surface area (Å²) in [6.45, 7) is 5.51. The van der Waals surface area contributed by atoms with Gasteiger partial charge in [0.15, 0.2) is 28.6 Å². The molecule has 5 heterocycles. The number of anilines is 6. The molecule has 2 aliphatic heterocycles. The molecule has 12 rings (SSSR count). The highest BCUT2D eigenvalue weighted by Gasteiger charge is 2.31. The molecule has 10 nitrogen and oxygen atoms in total. The van der Waals surface area contributed by atoms with E-state index in [0.29, 0.717) is 28.8 Å². The van der Waals surface area contributed by atoms with E-state index in [2.05, 4.69) is 87.2 Å². The molecule has 0 N–H and O–H groups in total. The second-order valence-corrected chi connectivity index (χ2v) is 14.8. The summed E-state index contributed by atoms with van der Waals surface area (Å²) in [6.07, 6.45) is 6.83. The minimum absolute atomic E-state index is 0.468. The number of aromatic nitrogens is 3. The number of hydrogen-bond acceptors (Lipinski definition) is 10. The van der Waals surface area contributed by atoms with Crippen LogP contribution < -0.4 is 19.3 Å². The second kappa shape index (κ2) is 13.5. The van der Waals surface area contributed by atoms with Crippen LogP contribution in [0.4, 0.5) is 34.1 Å². The van der Waals surface area contributed by atoms with Gasteiger partial charge in [0.2, 0.25) is 11.8 Å². The number of oxazole rings is 2. The zero-order chi connectivity index (χ0) is 40.6. The Morgan fingerprint density at radius 1 is 0.541 bits per heavy atom. The fourth-order valence-electron chi connectivity index (χ4n) is 8.50. The number of aryl methyl sites for hydroxylation is 1. The third-order valence-electron chi connectivity index (χ3n) is 11.2. The van der Waals surface area contributed by atoms with E-state index in [9.17, 15) is 0 Å². The molecule has 0 fully saturated rings. The Morgan fingerprint density at radius 3 is 1.52 bits per heavy atom. The summed E-state index contributed by atoms with van der Waals surface area (Å²) in [5.41, 5.74) is 9.02. The van der Waals surface area contributed by atoms with Crippen LogP contribution in [0.25, 0.3) is 61.6 Å². The lowest BCUT2D eigenvalue weighted by Crippen LogP contribution is -2.16. The predicted octanol–water partition coefficient (Wildman–Crippen LogP) is 14.0. The quantitative estimate of drug-likeness (QED) is 0.120. The summed E-state index contributed by atoms with van der Waals surface area (Å²) in [6, 6.07) is 47.3. The number of ether oxygens (including phenoxy) is 2. The zero-order valence-corrected chi connectivity index (χ0v) is 32.6. The van der Waals surface area contributed by atoms with Gasteiger partial charge in [-0.05, 0) is 109 Å². The molecule has 2 aliphatic rings. The standard InChI is InChI=1S/C51H32N6O4/c1-30-37(21-23-52-2)54-50(58-30)31-25-35-33(43(27-31)56-39-11-3-7-15-45(39)59-46-16-8-4-12-40(46)56)19-20-34-36(35)26-32(51-55-38-22-24-53-29-49(38)61-51)28-44(34)57-41-13-5-9-17-47(41)60-48-18-10-6-14-42(48)57/h3-29H,2H2,1H3/b23-21-. The van der Waals surface area contributed by atoms with Gasteiger partial charge < -0.3 is 28.1 Å². The number of pyridine rings is 1. The average molecular weight is 793 g/mol. The molecule has 10 aromatic rings. The molecular weight excluding hydrogens is 761 g/mol. The van der Waals surface area contributed by atoms with Gasteiger partial charge in [0.1, 0.15) is 17.0 Å². The molecule has 0 saturated carbocycles. The molecule has 3 aromatic heterocycles.